The number of esters is 1. The van der Waals surface area contributed by atoms with Crippen LogP contribution in [0.2, 0.25) is 0 Å². The first-order valence-corrected chi connectivity index (χ1v) is 6.60. The van der Waals surface area contributed by atoms with Gasteiger partial charge in [0.15, 0.2) is 0 Å². The van der Waals surface area contributed by atoms with E-state index < -0.39 is 11.8 Å². The second kappa shape index (κ2) is 6.45. The first kappa shape index (κ1) is 15.1. The zero-order valence-electron chi connectivity index (χ0n) is 12.1. The van der Waals surface area contributed by atoms with E-state index in [0.717, 1.165) is 12.1 Å². The molecular weight excluding hydrogens is 275 g/mol. The molecule has 7 heteroatoms. The average Bonchev–Trinajstić information content (AvgIpc) is 2.95. The van der Waals surface area contributed by atoms with Crippen molar-refractivity contribution in [3.05, 3.63) is 41.7 Å². The van der Waals surface area contributed by atoms with Crippen LogP contribution in [0, 0.1) is 5.82 Å². The summed E-state index contributed by atoms with van der Waals surface area (Å²) in [5, 5.41) is 7.20. The number of nitrogens with zero attached hydrogens (tertiary/aromatic N) is 3. The van der Waals surface area contributed by atoms with E-state index >= 15 is 0 Å². The highest BCUT2D eigenvalue weighted by atomic mass is 19.1. The molecule has 0 fully saturated rings. The van der Waals surface area contributed by atoms with E-state index in [4.69, 9.17) is 0 Å². The predicted molar refractivity (Wildman–Crippen MR) is 74.7 cm³/mol. The van der Waals surface area contributed by atoms with Crippen LogP contribution in [-0.4, -0.2) is 34.4 Å². The molecule has 0 saturated carbocycles. The molecule has 0 spiro atoms. The molecule has 0 saturated heterocycles. The predicted octanol–water partition coefficient (Wildman–Crippen LogP) is 1.86. The van der Waals surface area contributed by atoms with Crippen molar-refractivity contribution in [1.82, 2.24) is 20.1 Å². The molecule has 2 rings (SSSR count). The van der Waals surface area contributed by atoms with Crippen molar-refractivity contribution >= 4 is 5.97 Å². The van der Waals surface area contributed by atoms with Gasteiger partial charge in [-0.15, -0.1) is 5.10 Å². The molecule has 6 nitrogen and oxygen atoms in total. The summed E-state index contributed by atoms with van der Waals surface area (Å²) in [5.74, 6) is -1.20. The summed E-state index contributed by atoms with van der Waals surface area (Å²) >= 11 is 0. The largest absolute Gasteiger partial charge is 0.463 e. The number of benzene rings is 1. The van der Waals surface area contributed by atoms with Crippen molar-refractivity contribution < 1.29 is 13.9 Å². The first-order chi connectivity index (χ1) is 10.1. The molecule has 1 N–H and O–H groups in total. The second-order valence-corrected chi connectivity index (χ2v) is 4.46. The number of para-hydroxylation sites is 1. The lowest BCUT2D eigenvalue weighted by molar-refractivity contribution is 0.0587. The van der Waals surface area contributed by atoms with Gasteiger partial charge in [-0.2, -0.15) is 0 Å². The zero-order chi connectivity index (χ0) is 15.4. The fourth-order valence-electron chi connectivity index (χ4n) is 2.09. The van der Waals surface area contributed by atoms with Gasteiger partial charge < -0.3 is 10.1 Å². The topological polar surface area (TPSA) is 69.0 Å². The number of aromatic nitrogens is 3. The molecule has 0 bridgehead atoms. The van der Waals surface area contributed by atoms with Crippen LogP contribution in [0.4, 0.5) is 4.39 Å². The van der Waals surface area contributed by atoms with Gasteiger partial charge in [0, 0.05) is 6.04 Å². The monoisotopic (exact) mass is 292 g/mol. The van der Waals surface area contributed by atoms with Gasteiger partial charge in [0.05, 0.1) is 7.11 Å². The van der Waals surface area contributed by atoms with Crippen molar-refractivity contribution in [3.63, 3.8) is 0 Å². The molecule has 2 aromatic rings. The Morgan fingerprint density at radius 1 is 1.52 bits per heavy atom. The maximum Gasteiger partial charge on any atom is 0.377 e. The highest BCUT2D eigenvalue weighted by Gasteiger charge is 2.19. The molecule has 112 valence electrons. The van der Waals surface area contributed by atoms with Crippen molar-refractivity contribution in [2.75, 3.05) is 13.7 Å². The fraction of sp³-hybridized carbons (Fsp3) is 0.357. The Bertz CT molecular complexity index is 642. The smallest absolute Gasteiger partial charge is 0.377 e. The number of halogens is 1. The number of carbonyl (C=O) groups excluding carboxylic acids is 1. The molecule has 0 aliphatic heterocycles. The lowest BCUT2D eigenvalue weighted by Crippen LogP contribution is -2.20. The number of hydrogen-bond donors (Lipinski definition) is 1. The molecule has 0 amide bonds. The summed E-state index contributed by atoms with van der Waals surface area (Å²) in [6.45, 7) is 4.65. The van der Waals surface area contributed by atoms with Gasteiger partial charge in [-0.25, -0.2) is 18.9 Å². The standard InChI is InChI=1S/C14H17FN4O2/c1-4-16-9(2)10-6-5-7-11(15)12(10)19-8-17-13(18-19)14(20)21-3/h5-9,16H,4H2,1-3H3. The number of rotatable bonds is 5. The highest BCUT2D eigenvalue weighted by molar-refractivity contribution is 5.84. The Balaban J connectivity index is 2.47. The van der Waals surface area contributed by atoms with Gasteiger partial charge >= 0.3 is 5.97 Å². The Labute approximate surface area is 121 Å². The quantitative estimate of drug-likeness (QED) is 0.852. The molecule has 0 radical (unpaired) electrons. The minimum absolute atomic E-state index is 0.0634. The lowest BCUT2D eigenvalue weighted by atomic mass is 10.1. The van der Waals surface area contributed by atoms with E-state index in [0.29, 0.717) is 0 Å². The van der Waals surface area contributed by atoms with Crippen LogP contribution in [0.15, 0.2) is 24.5 Å². The van der Waals surface area contributed by atoms with Crippen LogP contribution in [0.1, 0.15) is 36.1 Å². The molecule has 21 heavy (non-hydrogen) atoms. The van der Waals surface area contributed by atoms with E-state index in [-0.39, 0.29) is 17.6 Å². The zero-order valence-corrected chi connectivity index (χ0v) is 12.1. The summed E-state index contributed by atoms with van der Waals surface area (Å²) in [5.41, 5.74) is 1.01. The summed E-state index contributed by atoms with van der Waals surface area (Å²) in [7, 11) is 1.24. The molecule has 1 atom stereocenters. The van der Waals surface area contributed by atoms with Gasteiger partial charge in [0.2, 0.25) is 0 Å². The third-order valence-electron chi connectivity index (χ3n) is 3.08. The Kier molecular flexibility index (Phi) is 4.64. The summed E-state index contributed by atoms with van der Waals surface area (Å²) in [6, 6.07) is 4.73. The SMILES string of the molecule is CCNC(C)c1cccc(F)c1-n1cnc(C(=O)OC)n1. The Morgan fingerprint density at radius 2 is 2.29 bits per heavy atom. The van der Waals surface area contributed by atoms with Crippen molar-refractivity contribution in [2.45, 2.75) is 19.9 Å². The van der Waals surface area contributed by atoms with Crippen molar-refractivity contribution in [3.8, 4) is 5.69 Å². The molecule has 1 aromatic heterocycles. The van der Waals surface area contributed by atoms with Crippen molar-refractivity contribution in [2.24, 2.45) is 0 Å². The molecule has 1 aromatic carbocycles. The van der Waals surface area contributed by atoms with Crippen LogP contribution in [0.5, 0.6) is 0 Å². The van der Waals surface area contributed by atoms with E-state index in [1.54, 1.807) is 6.07 Å². The summed E-state index contributed by atoms with van der Waals surface area (Å²) in [6.07, 6.45) is 1.30. The van der Waals surface area contributed by atoms with Gasteiger partial charge in [-0.05, 0) is 25.1 Å². The third-order valence-corrected chi connectivity index (χ3v) is 3.08. The average molecular weight is 292 g/mol. The van der Waals surface area contributed by atoms with Gasteiger partial charge in [0.25, 0.3) is 5.82 Å². The first-order valence-electron chi connectivity index (χ1n) is 6.60. The normalized spacial score (nSPS) is 12.2. The van der Waals surface area contributed by atoms with E-state index in [9.17, 15) is 9.18 Å². The minimum Gasteiger partial charge on any atom is -0.463 e. The molecule has 1 heterocycles. The van der Waals surface area contributed by atoms with Crippen LogP contribution in [0.3, 0.4) is 0 Å². The molecular formula is C14H17FN4O2. The van der Waals surface area contributed by atoms with E-state index in [1.165, 1.54) is 24.2 Å². The summed E-state index contributed by atoms with van der Waals surface area (Å²) in [4.78, 5) is 15.2. The van der Waals surface area contributed by atoms with Crippen LogP contribution < -0.4 is 5.32 Å². The fourth-order valence-corrected chi connectivity index (χ4v) is 2.09. The molecule has 0 aliphatic rings. The molecule has 0 aliphatic carbocycles. The van der Waals surface area contributed by atoms with Crippen LogP contribution in [0.25, 0.3) is 5.69 Å². The number of nitrogens with one attached hydrogen (secondary N) is 1. The van der Waals surface area contributed by atoms with Crippen LogP contribution >= 0.6 is 0 Å². The number of ether oxygens (including phenoxy) is 1. The number of carbonyl (C=O) groups is 1. The summed E-state index contributed by atoms with van der Waals surface area (Å²) < 4.78 is 20.0. The van der Waals surface area contributed by atoms with Crippen molar-refractivity contribution in [1.29, 1.82) is 0 Å². The van der Waals surface area contributed by atoms with Gasteiger partial charge in [-0.3, -0.25) is 0 Å². The second-order valence-electron chi connectivity index (χ2n) is 4.46. The minimum atomic E-state index is -0.661. The Morgan fingerprint density at radius 3 is 2.95 bits per heavy atom. The van der Waals surface area contributed by atoms with Gasteiger partial charge in [-0.1, -0.05) is 19.1 Å². The Hall–Kier alpha value is -2.28. The molecule has 1 unspecified atom stereocenters. The highest BCUT2D eigenvalue weighted by Crippen LogP contribution is 2.23. The van der Waals surface area contributed by atoms with Crippen LogP contribution in [-0.2, 0) is 4.74 Å². The lowest BCUT2D eigenvalue weighted by Gasteiger charge is -2.17. The number of hydrogen-bond acceptors (Lipinski definition) is 5. The van der Waals surface area contributed by atoms with E-state index in [2.05, 4.69) is 20.1 Å². The maximum atomic E-state index is 14.2. The van der Waals surface area contributed by atoms with E-state index in [1.807, 2.05) is 19.9 Å². The maximum absolute atomic E-state index is 14.2. The third kappa shape index (κ3) is 3.08. The number of methoxy groups -OCH3 is 1. The van der Waals surface area contributed by atoms with Gasteiger partial charge in [0.1, 0.15) is 17.8 Å².